The molecule has 0 saturated heterocycles. The van der Waals surface area contributed by atoms with Crippen molar-refractivity contribution in [2.24, 2.45) is 0 Å². The van der Waals surface area contributed by atoms with E-state index in [9.17, 15) is 14.0 Å². The van der Waals surface area contributed by atoms with Crippen LogP contribution in [0, 0.1) is 19.7 Å². The summed E-state index contributed by atoms with van der Waals surface area (Å²) in [5.41, 5.74) is 3.51. The minimum Gasteiger partial charge on any atom is -0.494 e. The molecule has 1 aliphatic heterocycles. The summed E-state index contributed by atoms with van der Waals surface area (Å²) in [4.78, 5) is 28.9. The lowest BCUT2D eigenvalue weighted by Crippen LogP contribution is -2.29. The fourth-order valence-corrected chi connectivity index (χ4v) is 4.41. The Kier molecular flexibility index (Phi) is 5.44. The standard InChI is InChI=1S/C28H24FNO4/c1-4-12-33-21-7-5-6-18(15-21)25-24-26(31)22-13-16(2)17(3)14-23(22)34-27(24)28(32)30(25)20-10-8-19(29)9-11-20/h5-11,13-15,25H,4,12H2,1-3H3. The van der Waals surface area contributed by atoms with Gasteiger partial charge in [0.1, 0.15) is 17.1 Å². The normalized spacial score (nSPS) is 15.1. The van der Waals surface area contributed by atoms with Crippen LogP contribution in [0.5, 0.6) is 5.75 Å². The molecule has 0 bridgehead atoms. The van der Waals surface area contributed by atoms with Gasteiger partial charge >= 0.3 is 0 Å². The van der Waals surface area contributed by atoms with E-state index in [-0.39, 0.29) is 16.8 Å². The second-order valence-electron chi connectivity index (χ2n) is 8.58. The molecule has 0 radical (unpaired) electrons. The molecule has 4 aromatic rings. The second-order valence-corrected chi connectivity index (χ2v) is 8.58. The molecule has 1 atom stereocenters. The van der Waals surface area contributed by atoms with E-state index in [2.05, 4.69) is 0 Å². The summed E-state index contributed by atoms with van der Waals surface area (Å²) in [6.07, 6.45) is 0.852. The number of anilines is 1. The quantitative estimate of drug-likeness (QED) is 0.364. The lowest BCUT2D eigenvalue weighted by molar-refractivity contribution is 0.0971. The molecule has 0 spiro atoms. The lowest BCUT2D eigenvalue weighted by Gasteiger charge is -2.25. The smallest absolute Gasteiger partial charge is 0.295 e. The van der Waals surface area contributed by atoms with Crippen LogP contribution in [-0.4, -0.2) is 12.5 Å². The van der Waals surface area contributed by atoms with Crippen molar-refractivity contribution in [3.05, 3.63) is 105 Å². The van der Waals surface area contributed by atoms with Gasteiger partial charge in [0.05, 0.1) is 23.6 Å². The van der Waals surface area contributed by atoms with Gasteiger partial charge in [0, 0.05) is 5.69 Å². The van der Waals surface area contributed by atoms with Crippen LogP contribution < -0.4 is 15.1 Å². The summed E-state index contributed by atoms with van der Waals surface area (Å²) >= 11 is 0. The van der Waals surface area contributed by atoms with Crippen LogP contribution in [0.2, 0.25) is 0 Å². The summed E-state index contributed by atoms with van der Waals surface area (Å²) in [5.74, 6) is -0.195. The van der Waals surface area contributed by atoms with Crippen LogP contribution in [0.25, 0.3) is 11.0 Å². The minimum atomic E-state index is -0.736. The van der Waals surface area contributed by atoms with Gasteiger partial charge in [-0.1, -0.05) is 19.1 Å². The SMILES string of the molecule is CCCOc1cccc(C2c3c(oc4cc(C)c(C)cc4c3=O)C(=O)N2c2ccc(F)cc2)c1. The first-order chi connectivity index (χ1) is 16.4. The van der Waals surface area contributed by atoms with E-state index in [0.29, 0.717) is 34.6 Å². The Bertz CT molecular complexity index is 1470. The molecule has 34 heavy (non-hydrogen) atoms. The van der Waals surface area contributed by atoms with Crippen molar-refractivity contribution in [2.75, 3.05) is 11.5 Å². The zero-order chi connectivity index (χ0) is 24.0. The molecule has 1 unspecified atom stereocenters. The maximum Gasteiger partial charge on any atom is 0.295 e. The molecule has 5 rings (SSSR count). The van der Waals surface area contributed by atoms with E-state index < -0.39 is 17.8 Å². The predicted molar refractivity (Wildman–Crippen MR) is 129 cm³/mol. The third kappa shape index (κ3) is 3.55. The third-order valence-corrected chi connectivity index (χ3v) is 6.24. The van der Waals surface area contributed by atoms with Crippen LogP contribution in [0.1, 0.15) is 52.2 Å². The van der Waals surface area contributed by atoms with Crippen LogP contribution >= 0.6 is 0 Å². The molecule has 0 fully saturated rings. The van der Waals surface area contributed by atoms with Crippen molar-refractivity contribution in [3.63, 3.8) is 0 Å². The first kappa shape index (κ1) is 21.9. The average Bonchev–Trinajstić information content (AvgIpc) is 3.12. The van der Waals surface area contributed by atoms with E-state index in [1.54, 1.807) is 12.1 Å². The van der Waals surface area contributed by atoms with Crippen LogP contribution in [0.3, 0.4) is 0 Å². The summed E-state index contributed by atoms with van der Waals surface area (Å²) in [5, 5.41) is 0.430. The Balaban J connectivity index is 1.77. The Morgan fingerprint density at radius 1 is 1.00 bits per heavy atom. The number of nitrogens with zero attached hydrogens (tertiary/aromatic N) is 1. The summed E-state index contributed by atoms with van der Waals surface area (Å²) in [7, 11) is 0. The third-order valence-electron chi connectivity index (χ3n) is 6.24. The summed E-state index contributed by atoms with van der Waals surface area (Å²) in [6.45, 7) is 6.44. The summed E-state index contributed by atoms with van der Waals surface area (Å²) in [6, 6.07) is 15.9. The Morgan fingerprint density at radius 3 is 2.47 bits per heavy atom. The number of ether oxygens (including phenoxy) is 1. The molecule has 6 heteroatoms. The molecule has 1 aromatic heterocycles. The van der Waals surface area contributed by atoms with Crippen LogP contribution in [-0.2, 0) is 0 Å². The highest BCUT2D eigenvalue weighted by Gasteiger charge is 2.43. The largest absolute Gasteiger partial charge is 0.494 e. The molecule has 2 heterocycles. The molecule has 0 aliphatic carbocycles. The number of benzene rings is 3. The fourth-order valence-electron chi connectivity index (χ4n) is 4.41. The van der Waals surface area contributed by atoms with Gasteiger partial charge in [-0.3, -0.25) is 14.5 Å². The molecule has 172 valence electrons. The van der Waals surface area contributed by atoms with Crippen molar-refractivity contribution in [3.8, 4) is 5.75 Å². The molecule has 1 amide bonds. The molecular formula is C28H24FNO4. The van der Waals surface area contributed by atoms with Gasteiger partial charge in [-0.05, 0) is 85.5 Å². The van der Waals surface area contributed by atoms with E-state index in [1.807, 2.05) is 45.0 Å². The molecule has 0 saturated carbocycles. The minimum absolute atomic E-state index is 0.00922. The number of amides is 1. The van der Waals surface area contributed by atoms with Crippen LogP contribution in [0.4, 0.5) is 10.1 Å². The Labute approximate surface area is 196 Å². The Hall–Kier alpha value is -3.93. The number of halogens is 1. The molecule has 5 nitrogen and oxygen atoms in total. The first-order valence-electron chi connectivity index (χ1n) is 11.3. The molecule has 1 aliphatic rings. The van der Waals surface area contributed by atoms with Gasteiger partial charge in [-0.15, -0.1) is 0 Å². The van der Waals surface area contributed by atoms with Gasteiger partial charge in [0.15, 0.2) is 5.43 Å². The maximum absolute atomic E-state index is 13.8. The van der Waals surface area contributed by atoms with Gasteiger partial charge in [0.25, 0.3) is 5.91 Å². The number of carbonyl (C=O) groups is 1. The van der Waals surface area contributed by atoms with Crippen LogP contribution in [0.15, 0.2) is 69.9 Å². The number of hydrogen-bond acceptors (Lipinski definition) is 4. The lowest BCUT2D eigenvalue weighted by atomic mass is 9.97. The molecular weight excluding hydrogens is 433 g/mol. The average molecular weight is 458 g/mol. The van der Waals surface area contributed by atoms with Crippen molar-refractivity contribution in [1.82, 2.24) is 0 Å². The van der Waals surface area contributed by atoms with Gasteiger partial charge in [0.2, 0.25) is 5.76 Å². The maximum atomic E-state index is 13.8. The molecule has 0 N–H and O–H groups in total. The van der Waals surface area contributed by atoms with E-state index >= 15 is 0 Å². The number of rotatable bonds is 5. The van der Waals surface area contributed by atoms with Gasteiger partial charge in [-0.25, -0.2) is 4.39 Å². The van der Waals surface area contributed by atoms with Crippen molar-refractivity contribution >= 4 is 22.6 Å². The topological polar surface area (TPSA) is 59.8 Å². The Morgan fingerprint density at radius 2 is 1.74 bits per heavy atom. The highest BCUT2D eigenvalue weighted by molar-refractivity contribution is 6.10. The fraction of sp³-hybridized carbons (Fsp3) is 0.214. The monoisotopic (exact) mass is 457 g/mol. The predicted octanol–water partition coefficient (Wildman–Crippen LogP) is 6.09. The van der Waals surface area contributed by atoms with Crippen molar-refractivity contribution < 1.29 is 18.3 Å². The zero-order valence-electron chi connectivity index (χ0n) is 19.2. The highest BCUT2D eigenvalue weighted by atomic mass is 19.1. The molecule has 3 aromatic carbocycles. The van der Waals surface area contributed by atoms with Gasteiger partial charge < -0.3 is 9.15 Å². The van der Waals surface area contributed by atoms with Crippen molar-refractivity contribution in [2.45, 2.75) is 33.2 Å². The zero-order valence-corrected chi connectivity index (χ0v) is 19.2. The van der Waals surface area contributed by atoms with Crippen molar-refractivity contribution in [1.29, 1.82) is 0 Å². The number of carbonyl (C=O) groups excluding carboxylic acids is 1. The summed E-state index contributed by atoms with van der Waals surface area (Å²) < 4.78 is 25.5. The number of fused-ring (bicyclic) bond motifs is 2. The highest BCUT2D eigenvalue weighted by Crippen LogP contribution is 2.42. The van der Waals surface area contributed by atoms with E-state index in [4.69, 9.17) is 9.15 Å². The number of hydrogen-bond donors (Lipinski definition) is 0. The van der Waals surface area contributed by atoms with E-state index in [0.717, 1.165) is 17.5 Å². The second kappa shape index (κ2) is 8.45. The first-order valence-corrected chi connectivity index (χ1v) is 11.3. The van der Waals surface area contributed by atoms with E-state index in [1.165, 1.54) is 29.2 Å². The van der Waals surface area contributed by atoms with Gasteiger partial charge in [-0.2, -0.15) is 0 Å². The number of aryl methyl sites for hydroxylation is 2.